The number of rotatable bonds is 6. The van der Waals surface area contributed by atoms with Crippen molar-refractivity contribution in [3.63, 3.8) is 0 Å². The van der Waals surface area contributed by atoms with E-state index in [1.807, 2.05) is 0 Å². The number of ether oxygens (including phenoxy) is 4. The average Bonchev–Trinajstić information content (AvgIpc) is 3.61. The number of morpholine rings is 1. The van der Waals surface area contributed by atoms with Gasteiger partial charge in [-0.2, -0.15) is 0 Å². The van der Waals surface area contributed by atoms with E-state index in [0.29, 0.717) is 29.2 Å². The van der Waals surface area contributed by atoms with E-state index in [0.717, 1.165) is 58.6 Å². The predicted molar refractivity (Wildman–Crippen MR) is 176 cm³/mol. The molecule has 264 valence electrons. The molecule has 8 rings (SSSR count). The molecule has 5 saturated carbocycles. The van der Waals surface area contributed by atoms with Gasteiger partial charge in [0.05, 0.1) is 68.5 Å². The Bertz CT molecular complexity index is 1300. The number of hydrogen-bond acceptors (Lipinski definition) is 8. The fraction of sp³-hybridized carbons (Fsp3) is 1.00. The van der Waals surface area contributed by atoms with Gasteiger partial charge in [-0.25, -0.2) is 0 Å². The van der Waals surface area contributed by atoms with Gasteiger partial charge in [0.15, 0.2) is 6.29 Å². The fourth-order valence-electron chi connectivity index (χ4n) is 14.2. The van der Waals surface area contributed by atoms with Gasteiger partial charge in [-0.1, -0.05) is 39.7 Å². The first kappa shape index (κ1) is 33.2. The third kappa shape index (κ3) is 4.38. The molecule has 8 fully saturated rings. The molecule has 47 heavy (non-hydrogen) atoms. The number of azide groups is 1. The lowest BCUT2D eigenvalue weighted by Crippen LogP contribution is -2.60. The van der Waals surface area contributed by atoms with Gasteiger partial charge in [-0.05, 0) is 116 Å². The molecule has 5 aliphatic carbocycles. The van der Waals surface area contributed by atoms with Gasteiger partial charge in [0.25, 0.3) is 0 Å². The third-order valence-electron chi connectivity index (χ3n) is 16.5. The molecule has 0 aromatic heterocycles. The number of hydrogen-bond donors (Lipinski definition) is 2. The Hall–Kier alpha value is -0.970. The lowest BCUT2D eigenvalue weighted by Gasteiger charge is -2.64. The van der Waals surface area contributed by atoms with Crippen molar-refractivity contribution >= 4 is 0 Å². The van der Waals surface area contributed by atoms with Crippen LogP contribution in [0, 0.1) is 50.7 Å². The maximum atomic E-state index is 12.5. The maximum Gasteiger partial charge on any atom is 0.170 e. The van der Waals surface area contributed by atoms with Gasteiger partial charge >= 0.3 is 0 Å². The van der Waals surface area contributed by atoms with Crippen LogP contribution >= 0.6 is 0 Å². The molecule has 0 radical (unpaired) electrons. The SMILES string of the molecule is C[C@@H]1C[C@H]([C@H](N=[N+]=[N-])C(C)(C)O)O[C@H]2[C@H]1[C@@]1(C)CC[C@@]34CC35CCC(O[C@H]3CN(C6COC6)CCO3)C(C)(C)[C@@H]5CC[C@H]4[C@]1(C)[C@H]2O. The lowest BCUT2D eigenvalue weighted by molar-refractivity contribution is -0.256. The summed E-state index contributed by atoms with van der Waals surface area (Å²) in [7, 11) is 0. The molecular formula is C37H60N4O6. The normalized spacial score (nSPS) is 52.8. The van der Waals surface area contributed by atoms with Gasteiger partial charge in [0, 0.05) is 16.9 Å². The molecule has 10 nitrogen and oxygen atoms in total. The highest BCUT2D eigenvalue weighted by Gasteiger charge is 2.84. The lowest BCUT2D eigenvalue weighted by atomic mass is 9.41. The summed E-state index contributed by atoms with van der Waals surface area (Å²) in [4.78, 5) is 5.57. The average molecular weight is 657 g/mol. The maximum absolute atomic E-state index is 12.5. The van der Waals surface area contributed by atoms with E-state index >= 15 is 0 Å². The number of nitrogens with zero attached hydrogens (tertiary/aromatic N) is 4. The van der Waals surface area contributed by atoms with Crippen LogP contribution in [0.3, 0.4) is 0 Å². The molecule has 0 aromatic carbocycles. The minimum atomic E-state index is -1.21. The first-order valence-electron chi connectivity index (χ1n) is 18.8. The van der Waals surface area contributed by atoms with Crippen LogP contribution < -0.4 is 0 Å². The second kappa shape index (κ2) is 10.8. The molecule has 0 aromatic rings. The highest BCUT2D eigenvalue weighted by atomic mass is 16.7. The zero-order chi connectivity index (χ0) is 33.4. The summed E-state index contributed by atoms with van der Waals surface area (Å²) in [5.41, 5.74) is 8.48. The zero-order valence-corrected chi connectivity index (χ0v) is 29.9. The molecule has 0 amide bonds. The molecule has 3 heterocycles. The summed E-state index contributed by atoms with van der Waals surface area (Å²) in [5, 5.41) is 27.5. The molecule has 2 spiro atoms. The molecule has 10 heteroatoms. The predicted octanol–water partition coefficient (Wildman–Crippen LogP) is 5.69. The fourth-order valence-corrected chi connectivity index (χ4v) is 14.2. The molecule has 3 aliphatic heterocycles. The highest BCUT2D eigenvalue weighted by Crippen LogP contribution is 2.89. The van der Waals surface area contributed by atoms with Crippen LogP contribution in [0.15, 0.2) is 5.11 Å². The summed E-state index contributed by atoms with van der Waals surface area (Å²) in [6.45, 7) is 19.7. The van der Waals surface area contributed by atoms with E-state index < -0.39 is 23.9 Å². The monoisotopic (exact) mass is 656 g/mol. The second-order valence-electron chi connectivity index (χ2n) is 19.0. The topological polar surface area (TPSA) is 129 Å². The Morgan fingerprint density at radius 3 is 2.45 bits per heavy atom. The third-order valence-corrected chi connectivity index (χ3v) is 16.5. The summed E-state index contributed by atoms with van der Waals surface area (Å²) >= 11 is 0. The smallest absolute Gasteiger partial charge is 0.170 e. The number of fused-ring (bicyclic) bond motifs is 4. The van der Waals surface area contributed by atoms with Crippen LogP contribution in [0.5, 0.6) is 0 Å². The largest absolute Gasteiger partial charge is 0.390 e. The van der Waals surface area contributed by atoms with Crippen LogP contribution in [0.4, 0.5) is 0 Å². The zero-order valence-electron chi connectivity index (χ0n) is 29.9. The van der Waals surface area contributed by atoms with E-state index in [2.05, 4.69) is 49.5 Å². The second-order valence-corrected chi connectivity index (χ2v) is 19.0. The first-order valence-corrected chi connectivity index (χ1v) is 18.8. The van der Waals surface area contributed by atoms with Gasteiger partial charge < -0.3 is 29.2 Å². The Kier molecular flexibility index (Phi) is 7.61. The van der Waals surface area contributed by atoms with E-state index in [9.17, 15) is 15.7 Å². The van der Waals surface area contributed by atoms with Crippen LogP contribution in [0.25, 0.3) is 10.4 Å². The number of aliphatic hydroxyl groups is 2. The quantitative estimate of drug-likeness (QED) is 0.213. The van der Waals surface area contributed by atoms with Crippen LogP contribution in [0.2, 0.25) is 0 Å². The summed E-state index contributed by atoms with van der Waals surface area (Å²) in [6.07, 6.45) is 7.66. The Morgan fingerprint density at radius 2 is 1.77 bits per heavy atom. The van der Waals surface area contributed by atoms with Crippen molar-refractivity contribution in [1.29, 1.82) is 0 Å². The van der Waals surface area contributed by atoms with Crippen molar-refractivity contribution in [3.8, 4) is 0 Å². The van der Waals surface area contributed by atoms with Crippen molar-refractivity contribution < 1.29 is 29.2 Å². The minimum absolute atomic E-state index is 0.0395. The van der Waals surface area contributed by atoms with Crippen molar-refractivity contribution in [1.82, 2.24) is 4.90 Å². The first-order chi connectivity index (χ1) is 22.1. The molecular weight excluding hydrogens is 596 g/mol. The van der Waals surface area contributed by atoms with Gasteiger partial charge in [0.1, 0.15) is 0 Å². The van der Waals surface area contributed by atoms with Gasteiger partial charge in [-0.3, -0.25) is 4.90 Å². The van der Waals surface area contributed by atoms with Crippen LogP contribution in [0.1, 0.15) is 99.8 Å². The van der Waals surface area contributed by atoms with Crippen molar-refractivity contribution in [2.45, 2.75) is 148 Å². The van der Waals surface area contributed by atoms with E-state index in [-0.39, 0.29) is 46.1 Å². The van der Waals surface area contributed by atoms with E-state index in [1.54, 1.807) is 13.8 Å². The van der Waals surface area contributed by atoms with Gasteiger partial charge in [-0.15, -0.1) is 0 Å². The Labute approximate surface area is 281 Å². The molecule has 2 N–H and O–H groups in total. The Morgan fingerprint density at radius 1 is 1.04 bits per heavy atom. The highest BCUT2D eigenvalue weighted by molar-refractivity contribution is 5.33. The standard InChI is InChI=1S/C37H60N4O6/c1-21-16-23(30(39-40-38)33(4,5)43)46-29-28(21)34(6)12-13-37-20-36(37)11-10-26(47-27-17-41(14-15-45-27)22-18-44-19-22)32(2,3)24(36)8-9-25(37)35(34,7)31(29)42/h21-31,42-43H,8-20H2,1-7H3/t21-,23-,24+,25+,26?,27+,28+,29+,30+,31+,34-,35-,36?,37+/m1/s1. The summed E-state index contributed by atoms with van der Waals surface area (Å²) < 4.78 is 25.4. The van der Waals surface area contributed by atoms with Crippen LogP contribution in [-0.4, -0.2) is 96.4 Å². The molecule has 8 aliphatic rings. The van der Waals surface area contributed by atoms with E-state index in [4.69, 9.17) is 18.9 Å². The molecule has 0 bridgehead atoms. The summed E-state index contributed by atoms with van der Waals surface area (Å²) in [5.74, 6) is 1.59. The van der Waals surface area contributed by atoms with Crippen molar-refractivity contribution in [2.24, 2.45) is 55.9 Å². The summed E-state index contributed by atoms with van der Waals surface area (Å²) in [6, 6.07) is -0.190. The number of aliphatic hydroxyl groups excluding tert-OH is 1. The molecule has 3 saturated heterocycles. The van der Waals surface area contributed by atoms with E-state index in [1.165, 1.54) is 25.7 Å². The Balaban J connectivity index is 1.03. The molecule has 2 unspecified atom stereocenters. The molecule has 14 atom stereocenters. The van der Waals surface area contributed by atoms with Crippen LogP contribution in [-0.2, 0) is 18.9 Å². The van der Waals surface area contributed by atoms with Crippen molar-refractivity contribution in [3.05, 3.63) is 10.4 Å². The van der Waals surface area contributed by atoms with Crippen molar-refractivity contribution in [2.75, 3.05) is 32.9 Å². The minimum Gasteiger partial charge on any atom is -0.390 e. The van der Waals surface area contributed by atoms with Gasteiger partial charge in [0.2, 0.25) is 0 Å².